The standard InChI is InChI=1S/C19H19F3N2O/c20-15-9-7-13(8-10-15)14-4-1-2-11-24(12-14)19(25)23-18-16(21)5-3-6-17(18)22/h3,5-10,14H,1-2,4,11-12H2,(H,23,25). The van der Waals surface area contributed by atoms with Crippen molar-refractivity contribution in [1.29, 1.82) is 0 Å². The molecule has 25 heavy (non-hydrogen) atoms. The van der Waals surface area contributed by atoms with Crippen molar-refractivity contribution in [2.45, 2.75) is 25.2 Å². The van der Waals surface area contributed by atoms with Crippen LogP contribution in [0.15, 0.2) is 42.5 Å². The van der Waals surface area contributed by atoms with Gasteiger partial charge in [-0.05, 0) is 42.7 Å². The van der Waals surface area contributed by atoms with E-state index in [1.807, 2.05) is 0 Å². The summed E-state index contributed by atoms with van der Waals surface area (Å²) in [4.78, 5) is 14.0. The third-order valence-electron chi connectivity index (χ3n) is 4.49. The minimum atomic E-state index is -0.807. The number of para-hydroxylation sites is 1. The summed E-state index contributed by atoms with van der Waals surface area (Å²) in [7, 11) is 0. The number of carbonyl (C=O) groups excluding carboxylic acids is 1. The van der Waals surface area contributed by atoms with Crippen LogP contribution in [0.2, 0.25) is 0 Å². The maximum atomic E-state index is 13.7. The second-order valence-electron chi connectivity index (χ2n) is 6.22. The Kier molecular flexibility index (Phi) is 5.26. The van der Waals surface area contributed by atoms with E-state index in [-0.39, 0.29) is 11.7 Å². The zero-order valence-electron chi connectivity index (χ0n) is 13.6. The number of hydrogen-bond donors (Lipinski definition) is 1. The molecule has 3 nitrogen and oxygen atoms in total. The summed E-state index contributed by atoms with van der Waals surface area (Å²) in [6.07, 6.45) is 2.62. The molecule has 3 rings (SSSR count). The number of rotatable bonds is 2. The molecule has 132 valence electrons. The molecule has 2 aromatic carbocycles. The number of benzene rings is 2. The van der Waals surface area contributed by atoms with E-state index in [0.717, 1.165) is 37.0 Å². The highest BCUT2D eigenvalue weighted by Gasteiger charge is 2.24. The number of urea groups is 1. The third-order valence-corrected chi connectivity index (χ3v) is 4.49. The van der Waals surface area contributed by atoms with E-state index in [9.17, 15) is 18.0 Å². The Bertz CT molecular complexity index is 729. The highest BCUT2D eigenvalue weighted by Crippen LogP contribution is 2.27. The van der Waals surface area contributed by atoms with E-state index in [0.29, 0.717) is 13.1 Å². The van der Waals surface area contributed by atoms with Crippen LogP contribution in [-0.2, 0) is 0 Å². The van der Waals surface area contributed by atoms with Gasteiger partial charge in [-0.1, -0.05) is 24.6 Å². The zero-order valence-corrected chi connectivity index (χ0v) is 13.6. The van der Waals surface area contributed by atoms with E-state index < -0.39 is 23.4 Å². The van der Waals surface area contributed by atoms with Crippen molar-refractivity contribution in [3.05, 3.63) is 65.5 Å². The van der Waals surface area contributed by atoms with E-state index in [1.54, 1.807) is 17.0 Å². The summed E-state index contributed by atoms with van der Waals surface area (Å²) in [5, 5.41) is 2.33. The van der Waals surface area contributed by atoms with E-state index in [4.69, 9.17) is 0 Å². The largest absolute Gasteiger partial charge is 0.324 e. The van der Waals surface area contributed by atoms with Crippen LogP contribution in [0.3, 0.4) is 0 Å². The number of hydrogen-bond acceptors (Lipinski definition) is 1. The van der Waals surface area contributed by atoms with Crippen molar-refractivity contribution < 1.29 is 18.0 Å². The summed E-state index contributed by atoms with van der Waals surface area (Å²) >= 11 is 0. The molecule has 1 atom stereocenters. The summed E-state index contributed by atoms with van der Waals surface area (Å²) in [6, 6.07) is 9.16. The van der Waals surface area contributed by atoms with E-state index >= 15 is 0 Å². The second kappa shape index (κ2) is 7.59. The Morgan fingerprint density at radius 1 is 1.00 bits per heavy atom. The normalized spacial score (nSPS) is 17.9. The molecule has 2 amide bonds. The number of halogens is 3. The predicted octanol–water partition coefficient (Wildman–Crippen LogP) is 4.91. The van der Waals surface area contributed by atoms with Crippen LogP contribution < -0.4 is 5.32 Å². The van der Waals surface area contributed by atoms with Gasteiger partial charge in [-0.25, -0.2) is 18.0 Å². The maximum Gasteiger partial charge on any atom is 0.322 e. The van der Waals surface area contributed by atoms with Gasteiger partial charge in [0.2, 0.25) is 0 Å². The first-order chi connectivity index (χ1) is 12.0. The average molecular weight is 348 g/mol. The molecule has 1 aliphatic heterocycles. The summed E-state index contributed by atoms with van der Waals surface area (Å²) in [6.45, 7) is 0.938. The van der Waals surface area contributed by atoms with E-state index in [2.05, 4.69) is 5.32 Å². The summed E-state index contributed by atoms with van der Waals surface area (Å²) in [5.41, 5.74) is 0.522. The van der Waals surface area contributed by atoms with Gasteiger partial charge in [-0.15, -0.1) is 0 Å². The quantitative estimate of drug-likeness (QED) is 0.822. The molecule has 1 heterocycles. The van der Waals surface area contributed by atoms with Crippen LogP contribution in [0.4, 0.5) is 23.7 Å². The SMILES string of the molecule is O=C(Nc1c(F)cccc1F)N1CCCCC(c2ccc(F)cc2)C1. The number of likely N-dealkylation sites (tertiary alicyclic amines) is 1. The van der Waals surface area contributed by atoms with Crippen molar-refractivity contribution in [2.75, 3.05) is 18.4 Å². The van der Waals surface area contributed by atoms with Crippen molar-refractivity contribution in [1.82, 2.24) is 4.90 Å². The first-order valence-electron chi connectivity index (χ1n) is 8.30. The molecule has 0 saturated carbocycles. The van der Waals surface area contributed by atoms with Gasteiger partial charge >= 0.3 is 6.03 Å². The van der Waals surface area contributed by atoms with Crippen LogP contribution in [0, 0.1) is 17.5 Å². The molecule has 1 fully saturated rings. The molecule has 0 aliphatic carbocycles. The molecule has 0 bridgehead atoms. The van der Waals surface area contributed by atoms with Gasteiger partial charge in [-0.3, -0.25) is 0 Å². The van der Waals surface area contributed by atoms with Crippen molar-refractivity contribution in [3.8, 4) is 0 Å². The number of nitrogens with one attached hydrogen (secondary N) is 1. The summed E-state index contributed by atoms with van der Waals surface area (Å²) in [5.74, 6) is -1.85. The molecule has 1 unspecified atom stereocenters. The monoisotopic (exact) mass is 348 g/mol. The third kappa shape index (κ3) is 4.13. The molecule has 1 aliphatic rings. The van der Waals surface area contributed by atoms with E-state index in [1.165, 1.54) is 18.2 Å². The first kappa shape index (κ1) is 17.3. The topological polar surface area (TPSA) is 32.3 Å². The molecule has 2 aromatic rings. The van der Waals surface area contributed by atoms with Gasteiger partial charge in [0.15, 0.2) is 0 Å². The van der Waals surface area contributed by atoms with Crippen LogP contribution >= 0.6 is 0 Å². The molecule has 0 radical (unpaired) electrons. The lowest BCUT2D eigenvalue weighted by molar-refractivity contribution is 0.211. The minimum Gasteiger partial charge on any atom is -0.324 e. The Morgan fingerprint density at radius 3 is 2.36 bits per heavy atom. The van der Waals surface area contributed by atoms with Gasteiger partial charge < -0.3 is 10.2 Å². The lowest BCUT2D eigenvalue weighted by Gasteiger charge is -2.25. The Hall–Kier alpha value is -2.50. The fourth-order valence-electron chi connectivity index (χ4n) is 3.14. The smallest absolute Gasteiger partial charge is 0.322 e. The molecule has 6 heteroatoms. The second-order valence-corrected chi connectivity index (χ2v) is 6.22. The van der Waals surface area contributed by atoms with Gasteiger partial charge in [0, 0.05) is 19.0 Å². The minimum absolute atomic E-state index is 0.0688. The lowest BCUT2D eigenvalue weighted by Crippen LogP contribution is -2.37. The van der Waals surface area contributed by atoms with Gasteiger partial charge in [0.05, 0.1) is 0 Å². The average Bonchev–Trinajstić information content (AvgIpc) is 2.85. The number of nitrogens with zero attached hydrogens (tertiary/aromatic N) is 1. The molecule has 0 spiro atoms. The molecular weight excluding hydrogens is 329 g/mol. The number of carbonyl (C=O) groups is 1. The van der Waals surface area contributed by atoms with Crippen molar-refractivity contribution in [3.63, 3.8) is 0 Å². The molecular formula is C19H19F3N2O. The zero-order chi connectivity index (χ0) is 17.8. The van der Waals surface area contributed by atoms with Gasteiger partial charge in [0.25, 0.3) is 0 Å². The molecule has 0 aromatic heterocycles. The number of anilines is 1. The predicted molar refractivity (Wildman–Crippen MR) is 89.9 cm³/mol. The Morgan fingerprint density at radius 2 is 1.68 bits per heavy atom. The highest BCUT2D eigenvalue weighted by molar-refractivity contribution is 5.89. The van der Waals surface area contributed by atoms with Crippen LogP contribution in [-0.4, -0.2) is 24.0 Å². The first-order valence-corrected chi connectivity index (χ1v) is 8.30. The molecule has 1 N–H and O–H groups in total. The Balaban J connectivity index is 1.74. The fraction of sp³-hybridized carbons (Fsp3) is 0.316. The summed E-state index contributed by atoms with van der Waals surface area (Å²) < 4.78 is 40.6. The molecule has 1 saturated heterocycles. The van der Waals surface area contributed by atoms with Crippen molar-refractivity contribution >= 4 is 11.7 Å². The van der Waals surface area contributed by atoms with Crippen LogP contribution in [0.25, 0.3) is 0 Å². The van der Waals surface area contributed by atoms with Crippen molar-refractivity contribution in [2.24, 2.45) is 0 Å². The number of amides is 2. The van der Waals surface area contributed by atoms with Gasteiger partial charge in [-0.2, -0.15) is 0 Å². The Labute approximate surface area is 144 Å². The van der Waals surface area contributed by atoms with Gasteiger partial charge in [0.1, 0.15) is 23.1 Å². The highest BCUT2D eigenvalue weighted by atomic mass is 19.1. The van der Waals surface area contributed by atoms with Crippen LogP contribution in [0.1, 0.15) is 30.7 Å². The lowest BCUT2D eigenvalue weighted by atomic mass is 9.94. The fourth-order valence-corrected chi connectivity index (χ4v) is 3.14. The van der Waals surface area contributed by atoms with Crippen LogP contribution in [0.5, 0.6) is 0 Å². The maximum absolute atomic E-state index is 13.7.